The topological polar surface area (TPSA) is 88.1 Å². The van der Waals surface area contributed by atoms with Crippen LogP contribution in [0.1, 0.15) is 31.7 Å². The number of aryl methyl sites for hydroxylation is 1. The summed E-state index contributed by atoms with van der Waals surface area (Å²) in [6.07, 6.45) is 1.87. The third kappa shape index (κ3) is 5.54. The molecule has 1 amide bonds. The van der Waals surface area contributed by atoms with Gasteiger partial charge in [0.25, 0.3) is 5.91 Å². The number of nitrogens with one attached hydrogen (secondary N) is 1. The number of oxime groups is 1. The van der Waals surface area contributed by atoms with Crippen LogP contribution in [-0.4, -0.2) is 50.6 Å². The maximum Gasteiger partial charge on any atom is 0.260 e. The van der Waals surface area contributed by atoms with E-state index in [4.69, 9.17) is 4.84 Å². The van der Waals surface area contributed by atoms with E-state index in [1.807, 2.05) is 19.9 Å². The normalized spacial score (nSPS) is 15.7. The van der Waals surface area contributed by atoms with Crippen molar-refractivity contribution >= 4 is 21.6 Å². The number of amides is 1. The van der Waals surface area contributed by atoms with E-state index in [0.29, 0.717) is 37.4 Å². The van der Waals surface area contributed by atoms with Crippen molar-refractivity contribution in [2.24, 2.45) is 5.16 Å². The second kappa shape index (κ2) is 8.96. The Hall–Kier alpha value is -1.93. The van der Waals surface area contributed by atoms with Gasteiger partial charge in [-0.05, 0) is 31.0 Å². The van der Waals surface area contributed by atoms with Crippen molar-refractivity contribution in [1.29, 1.82) is 0 Å². The number of sulfonamides is 1. The van der Waals surface area contributed by atoms with Gasteiger partial charge in [-0.3, -0.25) is 4.79 Å². The monoisotopic (exact) mass is 367 g/mol. The number of benzene rings is 1. The molecule has 0 spiro atoms. The lowest BCUT2D eigenvalue weighted by Gasteiger charge is -2.26. The average Bonchev–Trinajstić information content (AvgIpc) is 2.60. The van der Waals surface area contributed by atoms with E-state index in [2.05, 4.69) is 10.5 Å². The van der Waals surface area contributed by atoms with Crippen molar-refractivity contribution in [3.8, 4) is 0 Å². The lowest BCUT2D eigenvalue weighted by atomic mass is 10.1. The highest BCUT2D eigenvalue weighted by Crippen LogP contribution is 2.20. The fraction of sp³-hybridized carbons (Fsp3) is 0.529. The molecule has 1 N–H and O–H groups in total. The molecule has 0 aromatic heterocycles. The van der Waals surface area contributed by atoms with Crippen LogP contribution in [-0.2, 0) is 19.7 Å². The molecule has 0 saturated carbocycles. The molecule has 1 heterocycles. The highest BCUT2D eigenvalue weighted by atomic mass is 32.2. The van der Waals surface area contributed by atoms with Gasteiger partial charge in [0.05, 0.1) is 10.6 Å². The minimum Gasteiger partial charge on any atom is -0.386 e. The summed E-state index contributed by atoms with van der Waals surface area (Å²) in [6, 6.07) is 6.91. The van der Waals surface area contributed by atoms with Crippen LogP contribution >= 0.6 is 0 Å². The van der Waals surface area contributed by atoms with Gasteiger partial charge in [0.2, 0.25) is 10.0 Å². The number of rotatable bonds is 7. The van der Waals surface area contributed by atoms with E-state index in [1.54, 1.807) is 18.2 Å². The third-order valence-electron chi connectivity index (χ3n) is 3.89. The number of hydrogen-bond acceptors (Lipinski definition) is 5. The van der Waals surface area contributed by atoms with Gasteiger partial charge in [-0.1, -0.05) is 24.2 Å². The van der Waals surface area contributed by atoms with E-state index in [-0.39, 0.29) is 12.5 Å². The first-order chi connectivity index (χ1) is 11.9. The first-order valence-electron chi connectivity index (χ1n) is 8.44. The van der Waals surface area contributed by atoms with Gasteiger partial charge in [0, 0.05) is 32.5 Å². The molecule has 0 atom stereocenters. The Bertz CT molecular complexity index is 721. The summed E-state index contributed by atoms with van der Waals surface area (Å²) in [5, 5.41) is 6.67. The maximum atomic E-state index is 12.7. The summed E-state index contributed by atoms with van der Waals surface area (Å²) in [5.74, 6) is -0.203. The van der Waals surface area contributed by atoms with E-state index in [1.165, 1.54) is 4.31 Å². The summed E-state index contributed by atoms with van der Waals surface area (Å²) in [4.78, 5) is 16.8. The smallest absolute Gasteiger partial charge is 0.260 e. The zero-order valence-electron chi connectivity index (χ0n) is 14.7. The molecule has 2 rings (SSSR count). The largest absolute Gasteiger partial charge is 0.386 e. The zero-order valence-corrected chi connectivity index (χ0v) is 15.5. The number of nitrogens with zero attached hydrogens (tertiary/aromatic N) is 2. The first kappa shape index (κ1) is 19.4. The summed E-state index contributed by atoms with van der Waals surface area (Å²) in [6.45, 7) is 5.06. The van der Waals surface area contributed by atoms with E-state index in [0.717, 1.165) is 17.7 Å². The molecule has 8 heteroatoms. The molecule has 1 fully saturated rings. The third-order valence-corrected chi connectivity index (χ3v) is 5.78. The van der Waals surface area contributed by atoms with Gasteiger partial charge < -0.3 is 10.2 Å². The molecule has 1 aromatic carbocycles. The van der Waals surface area contributed by atoms with Gasteiger partial charge >= 0.3 is 0 Å². The Labute approximate surface area is 149 Å². The van der Waals surface area contributed by atoms with Crippen molar-refractivity contribution in [2.45, 2.75) is 38.0 Å². The van der Waals surface area contributed by atoms with Crippen LogP contribution in [0, 0.1) is 6.92 Å². The molecule has 1 aliphatic rings. The van der Waals surface area contributed by atoms with Crippen molar-refractivity contribution in [2.75, 3.05) is 26.2 Å². The molecule has 0 bridgehead atoms. The summed E-state index contributed by atoms with van der Waals surface area (Å²) < 4.78 is 26.8. The Morgan fingerprint density at radius 1 is 1.32 bits per heavy atom. The SMILES string of the molecule is CCCNC(=O)CON=C1CCN(S(=O)(=O)c2cccc(C)c2)CC1. The Balaban J connectivity index is 1.86. The quantitative estimate of drug-likeness (QED) is 0.743. The molecule has 7 nitrogen and oxygen atoms in total. The Morgan fingerprint density at radius 3 is 2.68 bits per heavy atom. The molecule has 0 aliphatic carbocycles. The van der Waals surface area contributed by atoms with Gasteiger partial charge in [0.15, 0.2) is 6.61 Å². The van der Waals surface area contributed by atoms with Crippen LogP contribution in [0.25, 0.3) is 0 Å². The predicted molar refractivity (Wildman–Crippen MR) is 95.9 cm³/mol. The van der Waals surface area contributed by atoms with Crippen LogP contribution in [0.15, 0.2) is 34.3 Å². The lowest BCUT2D eigenvalue weighted by molar-refractivity contribution is -0.125. The minimum absolute atomic E-state index is 0.116. The second-order valence-electron chi connectivity index (χ2n) is 6.00. The number of carbonyl (C=O) groups is 1. The highest BCUT2D eigenvalue weighted by molar-refractivity contribution is 7.89. The predicted octanol–water partition coefficient (Wildman–Crippen LogP) is 1.68. The molecular weight excluding hydrogens is 342 g/mol. The van der Waals surface area contributed by atoms with Gasteiger partial charge in [-0.25, -0.2) is 8.42 Å². The molecule has 25 heavy (non-hydrogen) atoms. The van der Waals surface area contributed by atoms with Crippen LogP contribution in [0.2, 0.25) is 0 Å². The van der Waals surface area contributed by atoms with Crippen molar-refractivity contribution in [3.63, 3.8) is 0 Å². The van der Waals surface area contributed by atoms with E-state index >= 15 is 0 Å². The molecule has 1 saturated heterocycles. The standard InChI is InChI=1S/C17H25N3O4S/c1-3-9-18-17(21)13-24-19-15-7-10-20(11-8-15)25(22,23)16-6-4-5-14(2)12-16/h4-6,12H,3,7-11,13H2,1-2H3,(H,18,21). The molecule has 1 aromatic rings. The number of piperidine rings is 1. The van der Waals surface area contributed by atoms with Gasteiger partial charge in [0.1, 0.15) is 0 Å². The van der Waals surface area contributed by atoms with E-state index in [9.17, 15) is 13.2 Å². The van der Waals surface area contributed by atoms with Crippen molar-refractivity contribution < 1.29 is 18.0 Å². The van der Waals surface area contributed by atoms with Gasteiger partial charge in [-0.15, -0.1) is 0 Å². The second-order valence-corrected chi connectivity index (χ2v) is 7.94. The van der Waals surface area contributed by atoms with Crippen LogP contribution in [0.4, 0.5) is 0 Å². The van der Waals surface area contributed by atoms with Crippen molar-refractivity contribution in [3.05, 3.63) is 29.8 Å². The fourth-order valence-electron chi connectivity index (χ4n) is 2.50. The molecule has 138 valence electrons. The van der Waals surface area contributed by atoms with Crippen LogP contribution in [0.3, 0.4) is 0 Å². The zero-order chi connectivity index (χ0) is 18.3. The number of carbonyl (C=O) groups excluding carboxylic acids is 1. The van der Waals surface area contributed by atoms with Crippen LogP contribution in [0.5, 0.6) is 0 Å². The number of hydrogen-bond donors (Lipinski definition) is 1. The molecule has 0 radical (unpaired) electrons. The van der Waals surface area contributed by atoms with Gasteiger partial charge in [-0.2, -0.15) is 4.31 Å². The van der Waals surface area contributed by atoms with Crippen molar-refractivity contribution in [1.82, 2.24) is 9.62 Å². The summed E-state index contributed by atoms with van der Waals surface area (Å²) in [5.41, 5.74) is 1.69. The first-order valence-corrected chi connectivity index (χ1v) is 9.88. The Kier molecular flexibility index (Phi) is 6.95. The molecule has 1 aliphatic heterocycles. The molecular formula is C17H25N3O4S. The fourth-order valence-corrected chi connectivity index (χ4v) is 4.05. The lowest BCUT2D eigenvalue weighted by Crippen LogP contribution is -2.38. The minimum atomic E-state index is -3.48. The summed E-state index contributed by atoms with van der Waals surface area (Å²) in [7, 11) is -3.48. The van der Waals surface area contributed by atoms with E-state index < -0.39 is 10.0 Å². The highest BCUT2D eigenvalue weighted by Gasteiger charge is 2.28. The molecule has 0 unspecified atom stereocenters. The maximum absolute atomic E-state index is 12.7. The average molecular weight is 367 g/mol. The summed E-state index contributed by atoms with van der Waals surface area (Å²) >= 11 is 0. The van der Waals surface area contributed by atoms with Crippen LogP contribution < -0.4 is 5.32 Å². The Morgan fingerprint density at radius 2 is 2.04 bits per heavy atom.